The minimum atomic E-state index is -0.396. The largest absolute Gasteiger partial charge is 0.497 e. The summed E-state index contributed by atoms with van der Waals surface area (Å²) in [5.74, 6) is 2.19. The molecular formula is C19H20N4O4. The van der Waals surface area contributed by atoms with Crippen LogP contribution in [-0.4, -0.2) is 30.4 Å². The minimum absolute atomic E-state index is 0.396. The van der Waals surface area contributed by atoms with Gasteiger partial charge in [0, 0.05) is 11.8 Å². The molecule has 0 saturated heterocycles. The summed E-state index contributed by atoms with van der Waals surface area (Å²) in [6, 6.07) is 12.2. The summed E-state index contributed by atoms with van der Waals surface area (Å²) >= 11 is 0. The third-order valence-electron chi connectivity index (χ3n) is 3.83. The van der Waals surface area contributed by atoms with E-state index in [2.05, 4.69) is 20.8 Å². The van der Waals surface area contributed by atoms with Crippen molar-refractivity contribution in [3.05, 3.63) is 59.7 Å². The van der Waals surface area contributed by atoms with E-state index in [4.69, 9.17) is 14.0 Å². The van der Waals surface area contributed by atoms with Crippen LogP contribution >= 0.6 is 0 Å². The van der Waals surface area contributed by atoms with E-state index in [1.807, 2.05) is 24.3 Å². The van der Waals surface area contributed by atoms with Gasteiger partial charge in [-0.2, -0.15) is 4.98 Å². The molecule has 0 bridgehead atoms. The molecule has 0 unspecified atom stereocenters. The molecule has 0 aliphatic rings. The molecular weight excluding hydrogens is 348 g/mol. The van der Waals surface area contributed by atoms with Gasteiger partial charge in [-0.1, -0.05) is 23.4 Å². The van der Waals surface area contributed by atoms with Gasteiger partial charge in [-0.15, -0.1) is 0 Å². The minimum Gasteiger partial charge on any atom is -0.497 e. The lowest BCUT2D eigenvalue weighted by Crippen LogP contribution is -2.20. The molecule has 8 heteroatoms. The van der Waals surface area contributed by atoms with E-state index in [1.54, 1.807) is 32.2 Å². The molecule has 3 aromatic rings. The van der Waals surface area contributed by atoms with Crippen LogP contribution in [0.25, 0.3) is 0 Å². The van der Waals surface area contributed by atoms with Gasteiger partial charge < -0.3 is 24.6 Å². The molecule has 0 fully saturated rings. The van der Waals surface area contributed by atoms with Crippen LogP contribution in [0.15, 0.2) is 47.0 Å². The van der Waals surface area contributed by atoms with Gasteiger partial charge in [-0.05, 0) is 30.7 Å². The van der Waals surface area contributed by atoms with Gasteiger partial charge in [-0.3, -0.25) is 0 Å². The Labute approximate surface area is 156 Å². The summed E-state index contributed by atoms with van der Waals surface area (Å²) in [5.41, 5.74) is 2.04. The summed E-state index contributed by atoms with van der Waals surface area (Å²) in [7, 11) is 3.09. The highest BCUT2D eigenvalue weighted by Crippen LogP contribution is 2.29. The van der Waals surface area contributed by atoms with E-state index >= 15 is 0 Å². The van der Waals surface area contributed by atoms with Crippen molar-refractivity contribution in [2.75, 3.05) is 24.9 Å². The fourth-order valence-electron chi connectivity index (χ4n) is 2.55. The monoisotopic (exact) mass is 368 g/mol. The smallest absolute Gasteiger partial charge is 0.323 e. The first-order valence-electron chi connectivity index (χ1n) is 8.26. The summed E-state index contributed by atoms with van der Waals surface area (Å²) in [5, 5.41) is 9.40. The Hall–Kier alpha value is -3.55. The van der Waals surface area contributed by atoms with Crippen molar-refractivity contribution in [3.8, 4) is 11.5 Å². The fraction of sp³-hybridized carbons (Fsp3) is 0.211. The summed E-state index contributed by atoms with van der Waals surface area (Å²) in [6.45, 7) is 1.76. The number of amides is 2. The molecule has 1 aromatic heterocycles. The van der Waals surface area contributed by atoms with Gasteiger partial charge in [-0.25, -0.2) is 4.79 Å². The van der Waals surface area contributed by atoms with Gasteiger partial charge in [0.1, 0.15) is 11.5 Å². The van der Waals surface area contributed by atoms with E-state index < -0.39 is 6.03 Å². The van der Waals surface area contributed by atoms with Gasteiger partial charge >= 0.3 is 6.03 Å². The predicted octanol–water partition coefficient (Wildman–Crippen LogP) is 3.63. The first kappa shape index (κ1) is 18.2. The van der Waals surface area contributed by atoms with Crippen LogP contribution in [0.2, 0.25) is 0 Å². The van der Waals surface area contributed by atoms with E-state index in [0.29, 0.717) is 41.0 Å². The van der Waals surface area contributed by atoms with Crippen LogP contribution in [0.3, 0.4) is 0 Å². The number of urea groups is 1. The standard InChI is InChI=1S/C19H20N4O4/c1-12-20-18(27-23-12)10-13-6-4-5-7-15(13)21-19(24)22-16-9-8-14(25-2)11-17(16)26-3/h4-9,11H,10H2,1-3H3,(H2,21,22,24). The van der Waals surface area contributed by atoms with Crippen molar-refractivity contribution in [1.29, 1.82) is 0 Å². The zero-order chi connectivity index (χ0) is 19.2. The number of hydrogen-bond donors (Lipinski definition) is 2. The molecule has 2 aromatic carbocycles. The number of rotatable bonds is 6. The number of anilines is 2. The normalized spacial score (nSPS) is 10.3. The molecule has 1 heterocycles. The molecule has 27 heavy (non-hydrogen) atoms. The zero-order valence-electron chi connectivity index (χ0n) is 15.3. The Balaban J connectivity index is 1.73. The molecule has 0 radical (unpaired) electrons. The number of aromatic nitrogens is 2. The maximum Gasteiger partial charge on any atom is 0.323 e. The molecule has 2 amide bonds. The Kier molecular flexibility index (Phi) is 5.55. The number of aryl methyl sites for hydroxylation is 1. The second-order valence-corrected chi connectivity index (χ2v) is 5.71. The molecule has 3 rings (SSSR count). The quantitative estimate of drug-likeness (QED) is 0.689. The Morgan fingerprint density at radius 3 is 2.56 bits per heavy atom. The van der Waals surface area contributed by atoms with Crippen molar-refractivity contribution in [1.82, 2.24) is 10.1 Å². The van der Waals surface area contributed by atoms with E-state index in [9.17, 15) is 4.79 Å². The molecule has 0 saturated carbocycles. The van der Waals surface area contributed by atoms with Crippen molar-refractivity contribution in [3.63, 3.8) is 0 Å². The highest BCUT2D eigenvalue weighted by atomic mass is 16.5. The Morgan fingerprint density at radius 2 is 1.85 bits per heavy atom. The number of carbonyl (C=O) groups is 1. The highest BCUT2D eigenvalue weighted by Gasteiger charge is 2.12. The zero-order valence-corrected chi connectivity index (χ0v) is 15.3. The third kappa shape index (κ3) is 4.55. The highest BCUT2D eigenvalue weighted by molar-refractivity contribution is 6.01. The number of methoxy groups -OCH3 is 2. The van der Waals surface area contributed by atoms with Crippen molar-refractivity contribution >= 4 is 17.4 Å². The summed E-state index contributed by atoms with van der Waals surface area (Å²) in [6.07, 6.45) is 0.420. The lowest BCUT2D eigenvalue weighted by Gasteiger charge is -2.14. The van der Waals surface area contributed by atoms with Crippen molar-refractivity contribution in [2.45, 2.75) is 13.3 Å². The molecule has 0 aliphatic heterocycles. The Morgan fingerprint density at radius 1 is 1.07 bits per heavy atom. The van der Waals surface area contributed by atoms with Crippen LogP contribution < -0.4 is 20.1 Å². The van der Waals surface area contributed by atoms with E-state index in [1.165, 1.54) is 7.11 Å². The molecule has 140 valence electrons. The molecule has 8 nitrogen and oxygen atoms in total. The van der Waals surface area contributed by atoms with Gasteiger partial charge in [0.25, 0.3) is 0 Å². The van der Waals surface area contributed by atoms with Gasteiger partial charge in [0.2, 0.25) is 5.89 Å². The molecule has 0 aliphatic carbocycles. The average molecular weight is 368 g/mol. The molecule has 2 N–H and O–H groups in total. The number of para-hydroxylation sites is 1. The SMILES string of the molecule is COc1ccc(NC(=O)Nc2ccccc2Cc2nc(C)no2)c(OC)c1. The number of nitrogens with one attached hydrogen (secondary N) is 2. The average Bonchev–Trinajstić information content (AvgIpc) is 3.08. The lowest BCUT2D eigenvalue weighted by molar-refractivity contribution is 0.262. The molecule has 0 spiro atoms. The maximum atomic E-state index is 12.5. The van der Waals surface area contributed by atoms with Gasteiger partial charge in [0.05, 0.1) is 26.3 Å². The van der Waals surface area contributed by atoms with Crippen LogP contribution in [-0.2, 0) is 6.42 Å². The van der Waals surface area contributed by atoms with Crippen LogP contribution in [0.1, 0.15) is 17.3 Å². The number of carbonyl (C=O) groups excluding carboxylic acids is 1. The second-order valence-electron chi connectivity index (χ2n) is 5.71. The third-order valence-corrected chi connectivity index (χ3v) is 3.83. The van der Waals surface area contributed by atoms with Crippen LogP contribution in [0.4, 0.5) is 16.2 Å². The first-order chi connectivity index (χ1) is 13.1. The second kappa shape index (κ2) is 8.22. The van der Waals surface area contributed by atoms with Gasteiger partial charge in [0.15, 0.2) is 5.82 Å². The Bertz CT molecular complexity index is 939. The molecule has 0 atom stereocenters. The number of benzene rings is 2. The number of nitrogens with zero attached hydrogens (tertiary/aromatic N) is 2. The van der Waals surface area contributed by atoms with Crippen LogP contribution in [0, 0.1) is 6.92 Å². The van der Waals surface area contributed by atoms with E-state index in [-0.39, 0.29) is 0 Å². The summed E-state index contributed by atoms with van der Waals surface area (Å²) in [4.78, 5) is 16.7. The lowest BCUT2D eigenvalue weighted by atomic mass is 10.1. The van der Waals surface area contributed by atoms with Crippen molar-refractivity contribution in [2.24, 2.45) is 0 Å². The number of ether oxygens (including phenoxy) is 2. The van der Waals surface area contributed by atoms with E-state index in [0.717, 1.165) is 5.56 Å². The number of hydrogen-bond acceptors (Lipinski definition) is 6. The fourth-order valence-corrected chi connectivity index (χ4v) is 2.55. The van der Waals surface area contributed by atoms with Crippen LogP contribution in [0.5, 0.6) is 11.5 Å². The maximum absolute atomic E-state index is 12.5. The first-order valence-corrected chi connectivity index (χ1v) is 8.26. The van der Waals surface area contributed by atoms with Crippen molar-refractivity contribution < 1.29 is 18.8 Å². The summed E-state index contributed by atoms with van der Waals surface area (Å²) < 4.78 is 15.6. The predicted molar refractivity (Wildman–Crippen MR) is 100 cm³/mol. The topological polar surface area (TPSA) is 98.5 Å².